The largest absolute Gasteiger partial charge is 0.323 e. The van der Waals surface area contributed by atoms with E-state index in [-0.39, 0.29) is 17.9 Å². The minimum Gasteiger partial charge on any atom is -0.323 e. The van der Waals surface area contributed by atoms with Crippen LogP contribution >= 0.6 is 0 Å². The molecule has 0 aliphatic carbocycles. The SMILES string of the molecule is CC[C@H](C)CN1C(=O)[C@H](C(C)C)NC12CCN(S(=O)(=O)c1ccc(C)cc1)CC2. The Kier molecular flexibility index (Phi) is 6.41. The number of piperidine rings is 1. The van der Waals surface area contributed by atoms with Crippen molar-refractivity contribution in [3.63, 3.8) is 0 Å². The van der Waals surface area contributed by atoms with Crippen LogP contribution in [0.1, 0.15) is 52.5 Å². The fourth-order valence-electron chi connectivity index (χ4n) is 4.34. The molecule has 7 heteroatoms. The van der Waals surface area contributed by atoms with Crippen LogP contribution in [0.25, 0.3) is 0 Å². The molecule has 2 atom stereocenters. The zero-order valence-corrected chi connectivity index (χ0v) is 19.1. The van der Waals surface area contributed by atoms with Gasteiger partial charge in [0.15, 0.2) is 0 Å². The number of nitrogens with zero attached hydrogens (tertiary/aromatic N) is 2. The fraction of sp³-hybridized carbons (Fsp3) is 0.682. The number of nitrogens with one attached hydrogen (secondary N) is 1. The van der Waals surface area contributed by atoms with E-state index in [9.17, 15) is 13.2 Å². The zero-order valence-electron chi connectivity index (χ0n) is 18.3. The molecule has 1 amide bonds. The highest BCUT2D eigenvalue weighted by Gasteiger charge is 2.53. The van der Waals surface area contributed by atoms with Crippen LogP contribution in [-0.2, 0) is 14.8 Å². The molecule has 2 aliphatic heterocycles. The molecule has 6 nitrogen and oxygen atoms in total. The van der Waals surface area contributed by atoms with E-state index in [2.05, 4.69) is 33.0 Å². The summed E-state index contributed by atoms with van der Waals surface area (Å²) in [5, 5.41) is 3.61. The number of sulfonamides is 1. The summed E-state index contributed by atoms with van der Waals surface area (Å²) in [6.45, 7) is 11.9. The maximum atomic E-state index is 13.1. The van der Waals surface area contributed by atoms with Crippen LogP contribution in [0, 0.1) is 18.8 Å². The highest BCUT2D eigenvalue weighted by atomic mass is 32.2. The van der Waals surface area contributed by atoms with Gasteiger partial charge in [0.25, 0.3) is 0 Å². The molecule has 1 aromatic carbocycles. The first-order valence-corrected chi connectivity index (χ1v) is 12.2. The predicted molar refractivity (Wildman–Crippen MR) is 115 cm³/mol. The van der Waals surface area contributed by atoms with Crippen molar-refractivity contribution < 1.29 is 13.2 Å². The predicted octanol–water partition coefficient (Wildman–Crippen LogP) is 2.98. The molecule has 2 fully saturated rings. The molecule has 2 saturated heterocycles. The maximum absolute atomic E-state index is 13.1. The molecule has 3 rings (SSSR count). The van der Waals surface area contributed by atoms with Crippen LogP contribution in [0.2, 0.25) is 0 Å². The lowest BCUT2D eigenvalue weighted by Gasteiger charge is -2.45. The van der Waals surface area contributed by atoms with Gasteiger partial charge in [0.1, 0.15) is 0 Å². The summed E-state index contributed by atoms with van der Waals surface area (Å²) in [4.78, 5) is 15.5. The third kappa shape index (κ3) is 4.23. The van der Waals surface area contributed by atoms with Crippen molar-refractivity contribution in [1.29, 1.82) is 0 Å². The molecule has 0 saturated carbocycles. The van der Waals surface area contributed by atoms with Crippen molar-refractivity contribution in [1.82, 2.24) is 14.5 Å². The van der Waals surface area contributed by atoms with Crippen molar-refractivity contribution in [2.75, 3.05) is 19.6 Å². The first kappa shape index (κ1) is 22.2. The van der Waals surface area contributed by atoms with Crippen LogP contribution in [0.15, 0.2) is 29.2 Å². The Hall–Kier alpha value is -1.44. The number of carbonyl (C=O) groups is 1. The van der Waals surface area contributed by atoms with Gasteiger partial charge in [-0.1, -0.05) is 51.8 Å². The third-order valence-corrected chi connectivity index (χ3v) is 8.45. The molecular weight excluding hydrogens is 386 g/mol. The van der Waals surface area contributed by atoms with Crippen LogP contribution in [0.4, 0.5) is 0 Å². The second-order valence-electron chi connectivity index (χ2n) is 9.08. The van der Waals surface area contributed by atoms with Crippen LogP contribution in [0.3, 0.4) is 0 Å². The van der Waals surface area contributed by atoms with Gasteiger partial charge in [-0.3, -0.25) is 10.1 Å². The maximum Gasteiger partial charge on any atom is 0.243 e. The Balaban J connectivity index is 1.80. The third-order valence-electron chi connectivity index (χ3n) is 6.54. The normalized spacial score (nSPS) is 23.9. The monoisotopic (exact) mass is 421 g/mol. The van der Waals surface area contributed by atoms with E-state index in [4.69, 9.17) is 0 Å². The highest BCUT2D eigenvalue weighted by Crippen LogP contribution is 2.36. The van der Waals surface area contributed by atoms with Gasteiger partial charge in [0, 0.05) is 19.6 Å². The van der Waals surface area contributed by atoms with Crippen LogP contribution in [0.5, 0.6) is 0 Å². The molecule has 29 heavy (non-hydrogen) atoms. The molecule has 2 heterocycles. The molecule has 0 radical (unpaired) electrons. The van der Waals surface area contributed by atoms with E-state index in [0.717, 1.165) is 18.5 Å². The van der Waals surface area contributed by atoms with E-state index in [1.165, 1.54) is 0 Å². The Morgan fingerprint density at radius 1 is 1.14 bits per heavy atom. The number of hydrogen-bond donors (Lipinski definition) is 1. The minimum absolute atomic E-state index is 0.162. The topological polar surface area (TPSA) is 69.7 Å². The van der Waals surface area contributed by atoms with Crippen molar-refractivity contribution in [3.8, 4) is 0 Å². The van der Waals surface area contributed by atoms with E-state index in [1.54, 1.807) is 16.4 Å². The molecule has 0 bridgehead atoms. The Morgan fingerprint density at radius 2 is 1.72 bits per heavy atom. The Labute approximate surface area is 175 Å². The van der Waals surface area contributed by atoms with Crippen molar-refractivity contribution in [2.24, 2.45) is 11.8 Å². The minimum atomic E-state index is -3.51. The molecule has 1 spiro atoms. The van der Waals surface area contributed by atoms with Gasteiger partial charge >= 0.3 is 0 Å². The first-order chi connectivity index (χ1) is 13.6. The van der Waals surface area contributed by atoms with E-state index in [0.29, 0.717) is 36.7 Å². The summed E-state index contributed by atoms with van der Waals surface area (Å²) < 4.78 is 27.7. The number of aryl methyl sites for hydroxylation is 1. The van der Waals surface area contributed by atoms with E-state index in [1.807, 2.05) is 24.0 Å². The number of amides is 1. The summed E-state index contributed by atoms with van der Waals surface area (Å²) in [5.41, 5.74) is 0.602. The first-order valence-electron chi connectivity index (χ1n) is 10.8. The van der Waals surface area contributed by atoms with Gasteiger partial charge in [0.05, 0.1) is 16.6 Å². The van der Waals surface area contributed by atoms with E-state index < -0.39 is 15.7 Å². The van der Waals surface area contributed by atoms with Crippen molar-refractivity contribution >= 4 is 15.9 Å². The zero-order chi connectivity index (χ0) is 21.4. The van der Waals surface area contributed by atoms with Crippen molar-refractivity contribution in [2.45, 2.75) is 70.5 Å². The lowest BCUT2D eigenvalue weighted by Crippen LogP contribution is -2.60. The van der Waals surface area contributed by atoms with Gasteiger partial charge in [-0.25, -0.2) is 8.42 Å². The molecular formula is C22H35N3O3S. The number of carbonyl (C=O) groups excluding carboxylic acids is 1. The fourth-order valence-corrected chi connectivity index (χ4v) is 5.78. The summed E-state index contributed by atoms with van der Waals surface area (Å²) in [6, 6.07) is 6.82. The second kappa shape index (κ2) is 8.36. The molecule has 0 unspecified atom stereocenters. The number of benzene rings is 1. The second-order valence-corrected chi connectivity index (χ2v) is 11.0. The van der Waals surface area contributed by atoms with Crippen LogP contribution in [-0.4, -0.2) is 54.9 Å². The lowest BCUT2D eigenvalue weighted by molar-refractivity contribution is -0.134. The molecule has 2 aliphatic rings. The summed E-state index contributed by atoms with van der Waals surface area (Å²) in [6.07, 6.45) is 2.24. The smallest absolute Gasteiger partial charge is 0.243 e. The number of hydrogen-bond acceptors (Lipinski definition) is 4. The van der Waals surface area contributed by atoms with Crippen LogP contribution < -0.4 is 5.32 Å². The molecule has 1 N–H and O–H groups in total. The lowest BCUT2D eigenvalue weighted by atomic mass is 9.95. The average molecular weight is 422 g/mol. The standard InChI is InChI=1S/C22H35N3O3S/c1-6-17(4)15-25-21(26)20(16(2)3)23-22(25)11-13-24(14-12-22)29(27,28)19-9-7-18(5)8-10-19/h7-10,16-17,20,23H,6,11-15H2,1-5H3/t17-,20-/m0/s1. The highest BCUT2D eigenvalue weighted by molar-refractivity contribution is 7.89. The van der Waals surface area contributed by atoms with Gasteiger partial charge < -0.3 is 4.90 Å². The van der Waals surface area contributed by atoms with Crippen molar-refractivity contribution in [3.05, 3.63) is 29.8 Å². The Morgan fingerprint density at radius 3 is 2.24 bits per heavy atom. The number of rotatable bonds is 6. The van der Waals surface area contributed by atoms with Gasteiger partial charge in [0.2, 0.25) is 15.9 Å². The molecule has 1 aromatic rings. The average Bonchev–Trinajstić information content (AvgIpc) is 2.95. The van der Waals surface area contributed by atoms with Gasteiger partial charge in [-0.2, -0.15) is 4.31 Å². The van der Waals surface area contributed by atoms with Gasteiger partial charge in [-0.05, 0) is 43.7 Å². The Bertz CT molecular complexity index is 827. The van der Waals surface area contributed by atoms with E-state index >= 15 is 0 Å². The summed E-state index contributed by atoms with van der Waals surface area (Å²) >= 11 is 0. The molecule has 0 aromatic heterocycles. The summed E-state index contributed by atoms with van der Waals surface area (Å²) in [5.74, 6) is 0.781. The molecule has 162 valence electrons. The summed E-state index contributed by atoms with van der Waals surface area (Å²) in [7, 11) is -3.51. The quantitative estimate of drug-likeness (QED) is 0.767. The van der Waals surface area contributed by atoms with Gasteiger partial charge in [-0.15, -0.1) is 0 Å².